The Hall–Kier alpha value is -0.650. The molecular formula is C16H30N2O3. The molecule has 0 heterocycles. The van der Waals surface area contributed by atoms with Crippen LogP contribution in [-0.4, -0.2) is 60.4 Å². The Bertz CT molecular complexity index is 355. The highest BCUT2D eigenvalue weighted by molar-refractivity contribution is 5.80. The molecule has 21 heavy (non-hydrogen) atoms. The summed E-state index contributed by atoms with van der Waals surface area (Å²) in [4.78, 5) is 14.3. The van der Waals surface area contributed by atoms with Crippen LogP contribution in [0.3, 0.4) is 0 Å². The van der Waals surface area contributed by atoms with E-state index in [1.54, 1.807) is 7.11 Å². The molecule has 2 unspecified atom stereocenters. The minimum absolute atomic E-state index is 0.282. The van der Waals surface area contributed by atoms with Gasteiger partial charge in [0.1, 0.15) is 5.54 Å². The summed E-state index contributed by atoms with van der Waals surface area (Å²) in [5.74, 6) is -0.396. The molecular weight excluding hydrogens is 268 g/mol. The highest BCUT2D eigenvalue weighted by Gasteiger charge is 2.54. The number of aliphatic carboxylic acids is 1. The lowest BCUT2D eigenvalue weighted by Crippen LogP contribution is -2.62. The number of carboxylic acid groups (broad SMARTS) is 1. The van der Waals surface area contributed by atoms with E-state index in [0.29, 0.717) is 25.2 Å². The number of hydrogen-bond donors (Lipinski definition) is 2. The smallest absolute Gasteiger partial charge is 0.325 e. The van der Waals surface area contributed by atoms with Crippen molar-refractivity contribution in [2.75, 3.05) is 26.8 Å². The maximum absolute atomic E-state index is 12.1. The van der Waals surface area contributed by atoms with Gasteiger partial charge >= 0.3 is 5.97 Å². The van der Waals surface area contributed by atoms with Crippen LogP contribution in [0.5, 0.6) is 0 Å². The quantitative estimate of drug-likeness (QED) is 0.608. The van der Waals surface area contributed by atoms with E-state index in [-0.39, 0.29) is 5.92 Å². The van der Waals surface area contributed by atoms with Gasteiger partial charge in [0.2, 0.25) is 0 Å². The Morgan fingerprint density at radius 3 is 2.52 bits per heavy atom. The normalized spacial score (nSPS) is 23.0. The van der Waals surface area contributed by atoms with Gasteiger partial charge in [-0.1, -0.05) is 6.92 Å². The number of rotatable bonds is 11. The first-order valence-electron chi connectivity index (χ1n) is 8.27. The summed E-state index contributed by atoms with van der Waals surface area (Å²) in [5.41, 5.74) is -0.766. The monoisotopic (exact) mass is 298 g/mol. The van der Waals surface area contributed by atoms with Gasteiger partial charge in [-0.2, -0.15) is 0 Å². The second kappa shape index (κ2) is 7.07. The third-order valence-corrected chi connectivity index (χ3v) is 4.94. The van der Waals surface area contributed by atoms with Crippen LogP contribution in [0, 0.1) is 5.92 Å². The molecule has 5 nitrogen and oxygen atoms in total. The van der Waals surface area contributed by atoms with Crippen LogP contribution in [0.4, 0.5) is 0 Å². The fraction of sp³-hybridized carbons (Fsp3) is 0.938. The molecule has 0 aromatic rings. The zero-order valence-corrected chi connectivity index (χ0v) is 13.6. The highest BCUT2D eigenvalue weighted by atomic mass is 16.5. The summed E-state index contributed by atoms with van der Waals surface area (Å²) in [6, 6.07) is 0.779. The number of nitrogens with zero attached hydrogens (tertiary/aromatic N) is 1. The summed E-state index contributed by atoms with van der Waals surface area (Å²) < 4.78 is 5.20. The number of methoxy groups -OCH3 is 1. The van der Waals surface area contributed by atoms with Gasteiger partial charge in [-0.05, 0) is 44.9 Å². The molecule has 0 aromatic heterocycles. The zero-order chi connectivity index (χ0) is 15.5. The van der Waals surface area contributed by atoms with Crippen molar-refractivity contribution in [3.8, 4) is 0 Å². The van der Waals surface area contributed by atoms with Gasteiger partial charge in [-0.25, -0.2) is 0 Å². The Kier molecular flexibility index (Phi) is 5.63. The van der Waals surface area contributed by atoms with Gasteiger partial charge in [0, 0.05) is 32.3 Å². The second-order valence-electron chi connectivity index (χ2n) is 6.69. The van der Waals surface area contributed by atoms with E-state index >= 15 is 0 Å². The topological polar surface area (TPSA) is 61.8 Å². The minimum atomic E-state index is -0.766. The number of ether oxygens (including phenoxy) is 1. The van der Waals surface area contributed by atoms with E-state index in [0.717, 1.165) is 38.6 Å². The van der Waals surface area contributed by atoms with E-state index < -0.39 is 11.5 Å². The van der Waals surface area contributed by atoms with Gasteiger partial charge < -0.3 is 9.84 Å². The molecule has 122 valence electrons. The largest absolute Gasteiger partial charge is 0.480 e. The van der Waals surface area contributed by atoms with Crippen LogP contribution in [0.15, 0.2) is 0 Å². The van der Waals surface area contributed by atoms with Gasteiger partial charge in [-0.3, -0.25) is 15.0 Å². The van der Waals surface area contributed by atoms with Crippen LogP contribution >= 0.6 is 0 Å². The van der Waals surface area contributed by atoms with E-state index in [4.69, 9.17) is 4.74 Å². The lowest BCUT2D eigenvalue weighted by atomic mass is 9.91. The molecule has 0 saturated heterocycles. The van der Waals surface area contributed by atoms with Crippen molar-refractivity contribution in [2.45, 2.75) is 63.6 Å². The first kappa shape index (κ1) is 16.7. The lowest BCUT2D eigenvalue weighted by molar-refractivity contribution is -0.147. The van der Waals surface area contributed by atoms with Crippen molar-refractivity contribution in [1.82, 2.24) is 10.2 Å². The van der Waals surface area contributed by atoms with Crippen molar-refractivity contribution in [3.05, 3.63) is 0 Å². The molecule has 2 aliphatic rings. The average molecular weight is 298 g/mol. The van der Waals surface area contributed by atoms with E-state index in [2.05, 4.69) is 24.1 Å². The predicted molar refractivity (Wildman–Crippen MR) is 82.5 cm³/mol. The fourth-order valence-electron chi connectivity index (χ4n) is 3.01. The molecule has 5 heteroatoms. The second-order valence-corrected chi connectivity index (χ2v) is 6.69. The predicted octanol–water partition coefficient (Wildman–Crippen LogP) is 1.72. The van der Waals surface area contributed by atoms with Crippen molar-refractivity contribution < 1.29 is 14.6 Å². The number of carboxylic acids is 1. The molecule has 0 bridgehead atoms. The van der Waals surface area contributed by atoms with Crippen LogP contribution in [-0.2, 0) is 9.53 Å². The van der Waals surface area contributed by atoms with E-state index in [1.807, 2.05) is 0 Å². The minimum Gasteiger partial charge on any atom is -0.480 e. The molecule has 0 amide bonds. The first-order chi connectivity index (χ1) is 10.0. The maximum atomic E-state index is 12.1. The Morgan fingerprint density at radius 2 is 2.10 bits per heavy atom. The molecule has 2 fully saturated rings. The Balaban J connectivity index is 2.11. The zero-order valence-electron chi connectivity index (χ0n) is 13.6. The summed E-state index contributed by atoms with van der Waals surface area (Å²) in [6.07, 6.45) is 5.31. The van der Waals surface area contributed by atoms with Crippen molar-refractivity contribution in [2.24, 2.45) is 5.92 Å². The van der Waals surface area contributed by atoms with Crippen molar-refractivity contribution in [1.29, 1.82) is 0 Å². The summed E-state index contributed by atoms with van der Waals surface area (Å²) >= 11 is 0. The molecule has 0 aliphatic heterocycles. The van der Waals surface area contributed by atoms with Crippen LogP contribution in [0.25, 0.3) is 0 Å². The molecule has 0 spiro atoms. The Labute approximate surface area is 128 Å². The number of carbonyl (C=O) groups is 1. The lowest BCUT2D eigenvalue weighted by Gasteiger charge is -2.39. The summed E-state index contributed by atoms with van der Waals surface area (Å²) in [5, 5.41) is 13.4. The first-order valence-corrected chi connectivity index (χ1v) is 8.27. The average Bonchev–Trinajstić information content (AvgIpc) is 3.33. The van der Waals surface area contributed by atoms with Gasteiger partial charge in [-0.15, -0.1) is 0 Å². The molecule has 2 aliphatic carbocycles. The van der Waals surface area contributed by atoms with Gasteiger partial charge in [0.25, 0.3) is 0 Å². The molecule has 2 rings (SSSR count). The third-order valence-electron chi connectivity index (χ3n) is 4.94. The van der Waals surface area contributed by atoms with E-state index in [9.17, 15) is 9.90 Å². The molecule has 0 aromatic carbocycles. The Morgan fingerprint density at radius 1 is 1.43 bits per heavy atom. The van der Waals surface area contributed by atoms with E-state index in [1.165, 1.54) is 0 Å². The highest BCUT2D eigenvalue weighted by Crippen LogP contribution is 2.42. The summed E-state index contributed by atoms with van der Waals surface area (Å²) in [7, 11) is 1.70. The number of hydrogen-bond acceptors (Lipinski definition) is 4. The maximum Gasteiger partial charge on any atom is 0.325 e. The molecule has 2 N–H and O–H groups in total. The third kappa shape index (κ3) is 4.18. The summed E-state index contributed by atoms with van der Waals surface area (Å²) in [6.45, 7) is 6.35. The molecule has 2 atom stereocenters. The van der Waals surface area contributed by atoms with Gasteiger partial charge in [0.15, 0.2) is 0 Å². The SMILES string of the molecule is CCC(C)N(CCOC)CC(NC1CC1)(C(=O)O)C1CC1. The molecule has 2 saturated carbocycles. The number of nitrogens with one attached hydrogen (secondary N) is 1. The van der Waals surface area contributed by atoms with Crippen LogP contribution in [0.2, 0.25) is 0 Å². The molecule has 0 radical (unpaired) electrons. The van der Waals surface area contributed by atoms with Crippen LogP contribution in [0.1, 0.15) is 46.0 Å². The standard InChI is InChI=1S/C16H30N2O3/c1-4-12(2)18(9-10-21-3)11-16(15(19)20,13-5-6-13)17-14-7-8-14/h12-14,17H,4-11H2,1-3H3,(H,19,20). The van der Waals surface area contributed by atoms with Gasteiger partial charge in [0.05, 0.1) is 6.61 Å². The van der Waals surface area contributed by atoms with Crippen molar-refractivity contribution in [3.63, 3.8) is 0 Å². The van der Waals surface area contributed by atoms with Crippen molar-refractivity contribution >= 4 is 5.97 Å². The van der Waals surface area contributed by atoms with Crippen LogP contribution < -0.4 is 5.32 Å². The fourth-order valence-corrected chi connectivity index (χ4v) is 3.01.